The Bertz CT molecular complexity index is 875. The van der Waals surface area contributed by atoms with Crippen LogP contribution >= 0.6 is 0 Å². The fourth-order valence-corrected chi connectivity index (χ4v) is 3.31. The lowest BCUT2D eigenvalue weighted by Gasteiger charge is -2.30. The van der Waals surface area contributed by atoms with Crippen molar-refractivity contribution in [2.24, 2.45) is 0 Å². The molecule has 1 N–H and O–H groups in total. The summed E-state index contributed by atoms with van der Waals surface area (Å²) >= 11 is 0. The summed E-state index contributed by atoms with van der Waals surface area (Å²) in [6.07, 6.45) is 4.32. The third-order valence-electron chi connectivity index (χ3n) is 4.61. The van der Waals surface area contributed by atoms with Gasteiger partial charge < -0.3 is 9.88 Å². The van der Waals surface area contributed by atoms with Gasteiger partial charge in [-0.1, -0.05) is 31.2 Å². The average molecular weight is 341 g/mol. The second-order valence-electron chi connectivity index (χ2n) is 6.35. The highest BCUT2D eigenvalue weighted by molar-refractivity contribution is 5.76. The summed E-state index contributed by atoms with van der Waals surface area (Å²) in [6.45, 7) is 2.10. The van der Waals surface area contributed by atoms with Crippen molar-refractivity contribution in [2.75, 3.05) is 0 Å². The number of pyridine rings is 1. The fraction of sp³-hybridized carbons (Fsp3) is 0.333. The number of carbonyl (C=O) groups is 1. The molecule has 7 heteroatoms. The predicted molar refractivity (Wildman–Crippen MR) is 92.3 cm³/mol. The molecule has 2 aromatic rings. The number of carbonyl (C=O) groups excluding carboxylic acids is 1. The number of benzene rings is 1. The molecule has 0 bridgehead atoms. The number of hydrogen-bond acceptors (Lipinski definition) is 4. The topological polar surface area (TPSA) is 94.2 Å². The number of aromatic nitrogens is 1. The van der Waals surface area contributed by atoms with Crippen LogP contribution < -0.4 is 10.7 Å². The average Bonchev–Trinajstić information content (AvgIpc) is 2.59. The van der Waals surface area contributed by atoms with Gasteiger partial charge in [0.1, 0.15) is 6.54 Å². The van der Waals surface area contributed by atoms with Gasteiger partial charge in [0.2, 0.25) is 5.91 Å². The Morgan fingerprint density at radius 1 is 1.28 bits per heavy atom. The zero-order chi connectivity index (χ0) is 18.0. The Balaban J connectivity index is 1.74. The van der Waals surface area contributed by atoms with Gasteiger partial charge in [0.05, 0.1) is 17.2 Å². The van der Waals surface area contributed by atoms with E-state index < -0.39 is 16.0 Å². The first-order valence-corrected chi connectivity index (χ1v) is 8.18. The third kappa shape index (κ3) is 3.60. The van der Waals surface area contributed by atoms with Gasteiger partial charge in [-0.25, -0.2) is 0 Å². The molecule has 1 heterocycles. The Kier molecular flexibility index (Phi) is 4.65. The molecule has 1 aliphatic rings. The molecule has 0 radical (unpaired) electrons. The van der Waals surface area contributed by atoms with Gasteiger partial charge in [-0.2, -0.15) is 0 Å². The van der Waals surface area contributed by atoms with Crippen LogP contribution in [0.4, 0.5) is 5.69 Å². The molecule has 1 amide bonds. The van der Waals surface area contributed by atoms with E-state index in [4.69, 9.17) is 0 Å². The number of amides is 1. The van der Waals surface area contributed by atoms with Crippen LogP contribution in [0, 0.1) is 10.1 Å². The number of nitrogens with one attached hydrogen (secondary N) is 1. The van der Waals surface area contributed by atoms with E-state index in [0.717, 1.165) is 30.7 Å². The predicted octanol–water partition coefficient (Wildman–Crippen LogP) is 2.51. The van der Waals surface area contributed by atoms with Gasteiger partial charge in [0.15, 0.2) is 0 Å². The van der Waals surface area contributed by atoms with Gasteiger partial charge in [-0.05, 0) is 29.9 Å². The third-order valence-corrected chi connectivity index (χ3v) is 4.61. The molecule has 0 saturated heterocycles. The highest BCUT2D eigenvalue weighted by atomic mass is 16.6. The van der Waals surface area contributed by atoms with Crippen LogP contribution in [0.2, 0.25) is 0 Å². The van der Waals surface area contributed by atoms with Gasteiger partial charge in [-0.15, -0.1) is 0 Å². The molecular weight excluding hydrogens is 322 g/mol. The standard InChI is InChI=1S/C18H19N3O4/c1-12-6-7-15(14-5-3-2-4-13(12)14)19-18(23)11-20-9-8-17(22)16(10-20)21(24)25/h2-5,8-10,12,15H,6-7,11H2,1H3,(H,19,23)/t12-,15-/m1/s1. The monoisotopic (exact) mass is 341 g/mol. The minimum atomic E-state index is -0.741. The van der Waals surface area contributed by atoms with Crippen molar-refractivity contribution >= 4 is 11.6 Å². The van der Waals surface area contributed by atoms with Gasteiger partial charge >= 0.3 is 5.69 Å². The molecule has 1 aromatic carbocycles. The van der Waals surface area contributed by atoms with E-state index in [1.165, 1.54) is 16.3 Å². The largest absolute Gasteiger partial charge is 0.348 e. The van der Waals surface area contributed by atoms with Gasteiger partial charge in [0.25, 0.3) is 5.43 Å². The zero-order valence-corrected chi connectivity index (χ0v) is 13.8. The summed E-state index contributed by atoms with van der Waals surface area (Å²) in [5.41, 5.74) is 1.17. The molecule has 0 unspecified atom stereocenters. The van der Waals surface area contributed by atoms with Crippen LogP contribution in [0.15, 0.2) is 47.5 Å². The summed E-state index contributed by atoms with van der Waals surface area (Å²) in [6, 6.07) is 9.11. The summed E-state index contributed by atoms with van der Waals surface area (Å²) in [5.74, 6) is 0.221. The van der Waals surface area contributed by atoms with Gasteiger partial charge in [0, 0.05) is 12.3 Å². The van der Waals surface area contributed by atoms with Crippen molar-refractivity contribution in [2.45, 2.75) is 38.3 Å². The maximum absolute atomic E-state index is 12.4. The van der Waals surface area contributed by atoms with E-state index >= 15 is 0 Å². The molecule has 1 aliphatic carbocycles. The summed E-state index contributed by atoms with van der Waals surface area (Å²) in [5, 5.41) is 13.8. The number of nitro groups is 1. The SMILES string of the molecule is C[C@@H]1CC[C@@H](NC(=O)Cn2ccc(=O)c([N+](=O)[O-])c2)c2ccccc21. The van der Waals surface area contributed by atoms with Crippen molar-refractivity contribution in [1.29, 1.82) is 0 Å². The van der Waals surface area contributed by atoms with E-state index in [1.54, 1.807) is 0 Å². The second kappa shape index (κ2) is 6.88. The fourth-order valence-electron chi connectivity index (χ4n) is 3.31. The van der Waals surface area contributed by atoms with Crippen LogP contribution in [0.3, 0.4) is 0 Å². The molecule has 0 saturated carbocycles. The molecule has 0 spiro atoms. The Labute approximate surface area is 144 Å². The first-order valence-electron chi connectivity index (χ1n) is 8.18. The Hall–Kier alpha value is -2.96. The minimum Gasteiger partial charge on any atom is -0.348 e. The molecule has 7 nitrogen and oxygen atoms in total. The van der Waals surface area contributed by atoms with Crippen molar-refractivity contribution in [3.63, 3.8) is 0 Å². The van der Waals surface area contributed by atoms with Crippen LogP contribution in [-0.2, 0) is 11.3 Å². The normalized spacial score (nSPS) is 19.1. The smallest absolute Gasteiger partial charge is 0.332 e. The molecule has 0 fully saturated rings. The Morgan fingerprint density at radius 3 is 2.72 bits per heavy atom. The summed E-state index contributed by atoms with van der Waals surface area (Å²) in [4.78, 5) is 33.9. The highest BCUT2D eigenvalue weighted by Gasteiger charge is 2.25. The van der Waals surface area contributed by atoms with Crippen LogP contribution in [-0.4, -0.2) is 15.4 Å². The molecule has 2 atom stereocenters. The van der Waals surface area contributed by atoms with Gasteiger partial charge in [-0.3, -0.25) is 19.7 Å². The minimum absolute atomic E-state index is 0.0609. The zero-order valence-electron chi connectivity index (χ0n) is 13.8. The lowest BCUT2D eigenvalue weighted by atomic mass is 9.81. The summed E-state index contributed by atoms with van der Waals surface area (Å²) in [7, 11) is 0. The lowest BCUT2D eigenvalue weighted by Crippen LogP contribution is -2.34. The van der Waals surface area contributed by atoms with Crippen LogP contribution in [0.25, 0.3) is 0 Å². The van der Waals surface area contributed by atoms with E-state index in [2.05, 4.69) is 18.3 Å². The summed E-state index contributed by atoms with van der Waals surface area (Å²) < 4.78 is 1.35. The second-order valence-corrected chi connectivity index (χ2v) is 6.35. The number of rotatable bonds is 4. The van der Waals surface area contributed by atoms with Crippen LogP contribution in [0.5, 0.6) is 0 Å². The van der Waals surface area contributed by atoms with E-state index in [-0.39, 0.29) is 18.5 Å². The molecule has 0 aliphatic heterocycles. The van der Waals surface area contributed by atoms with Crippen molar-refractivity contribution in [1.82, 2.24) is 9.88 Å². The number of fused-ring (bicyclic) bond motifs is 1. The first-order chi connectivity index (χ1) is 12.0. The maximum Gasteiger partial charge on any atom is 0.332 e. The van der Waals surface area contributed by atoms with Crippen LogP contribution in [0.1, 0.15) is 42.9 Å². The molecule has 3 rings (SSSR count). The molecular formula is C18H19N3O4. The quantitative estimate of drug-likeness (QED) is 0.683. The lowest BCUT2D eigenvalue weighted by molar-refractivity contribution is -0.386. The highest BCUT2D eigenvalue weighted by Crippen LogP contribution is 2.36. The van der Waals surface area contributed by atoms with Crippen molar-refractivity contribution in [3.05, 3.63) is 74.2 Å². The molecule has 25 heavy (non-hydrogen) atoms. The molecule has 1 aromatic heterocycles. The number of hydrogen-bond donors (Lipinski definition) is 1. The van der Waals surface area contributed by atoms with Crippen molar-refractivity contribution in [3.8, 4) is 0 Å². The van der Waals surface area contributed by atoms with E-state index in [1.807, 2.05) is 18.2 Å². The Morgan fingerprint density at radius 2 is 2.00 bits per heavy atom. The van der Waals surface area contributed by atoms with Crippen molar-refractivity contribution < 1.29 is 9.72 Å². The maximum atomic E-state index is 12.4. The van der Waals surface area contributed by atoms with E-state index in [0.29, 0.717) is 5.92 Å². The number of nitrogens with zero attached hydrogens (tertiary/aromatic N) is 2. The van der Waals surface area contributed by atoms with E-state index in [9.17, 15) is 19.7 Å². The molecule has 130 valence electrons. The first kappa shape index (κ1) is 16.9.